The molecular formula is C13H18ClNO2. The SMILES string of the molecule is CC(C)(C)OC(=O)C(Cc1ccccc1)NCl. The average molecular weight is 256 g/mol. The Morgan fingerprint density at radius 2 is 1.94 bits per heavy atom. The van der Waals surface area contributed by atoms with Crippen LogP contribution in [0.2, 0.25) is 0 Å². The molecule has 17 heavy (non-hydrogen) atoms. The first-order chi connectivity index (χ1) is 7.92. The summed E-state index contributed by atoms with van der Waals surface area (Å²) in [4.78, 5) is 14.3. The molecule has 0 saturated heterocycles. The van der Waals surface area contributed by atoms with E-state index in [0.29, 0.717) is 6.42 Å². The fourth-order valence-corrected chi connectivity index (χ4v) is 1.56. The summed E-state index contributed by atoms with van der Waals surface area (Å²) in [5.41, 5.74) is 0.538. The highest BCUT2D eigenvalue weighted by atomic mass is 35.5. The van der Waals surface area contributed by atoms with Gasteiger partial charge in [0.1, 0.15) is 11.6 Å². The monoisotopic (exact) mass is 255 g/mol. The number of nitrogens with one attached hydrogen (secondary N) is 1. The largest absolute Gasteiger partial charge is 0.459 e. The molecular weight excluding hydrogens is 238 g/mol. The maximum atomic E-state index is 11.8. The van der Waals surface area contributed by atoms with Crippen LogP contribution in [-0.2, 0) is 16.0 Å². The van der Waals surface area contributed by atoms with E-state index < -0.39 is 11.6 Å². The zero-order valence-electron chi connectivity index (χ0n) is 10.4. The van der Waals surface area contributed by atoms with Crippen LogP contribution in [0, 0.1) is 0 Å². The van der Waals surface area contributed by atoms with E-state index in [9.17, 15) is 4.79 Å². The second-order valence-corrected chi connectivity index (χ2v) is 5.10. The standard InChI is InChI=1S/C13H18ClNO2/c1-13(2,3)17-12(16)11(15-14)9-10-7-5-4-6-8-10/h4-8,11,15H,9H2,1-3H3. The second kappa shape index (κ2) is 6.03. The van der Waals surface area contributed by atoms with Crippen LogP contribution in [0.5, 0.6) is 0 Å². The highest BCUT2D eigenvalue weighted by molar-refractivity contribution is 6.14. The second-order valence-electron chi connectivity index (χ2n) is 4.88. The first-order valence-electron chi connectivity index (χ1n) is 5.55. The Bertz CT molecular complexity index is 359. The lowest BCUT2D eigenvalue weighted by Gasteiger charge is -2.23. The summed E-state index contributed by atoms with van der Waals surface area (Å²) in [6.07, 6.45) is 0.513. The van der Waals surface area contributed by atoms with E-state index in [1.807, 2.05) is 51.1 Å². The molecule has 1 aromatic carbocycles. The number of rotatable bonds is 4. The molecule has 3 nitrogen and oxygen atoms in total. The van der Waals surface area contributed by atoms with Crippen LogP contribution >= 0.6 is 11.8 Å². The quantitative estimate of drug-likeness (QED) is 0.664. The van der Waals surface area contributed by atoms with Gasteiger partial charge in [0, 0.05) is 0 Å². The van der Waals surface area contributed by atoms with Crippen molar-refractivity contribution in [3.8, 4) is 0 Å². The van der Waals surface area contributed by atoms with E-state index in [-0.39, 0.29) is 5.97 Å². The summed E-state index contributed by atoms with van der Waals surface area (Å²) < 4.78 is 5.28. The van der Waals surface area contributed by atoms with E-state index >= 15 is 0 Å². The fraction of sp³-hybridized carbons (Fsp3) is 0.462. The number of hydrogen-bond acceptors (Lipinski definition) is 3. The summed E-state index contributed by atoms with van der Waals surface area (Å²) in [5.74, 6) is -0.337. The zero-order valence-corrected chi connectivity index (χ0v) is 11.1. The summed E-state index contributed by atoms with van der Waals surface area (Å²) in [5, 5.41) is 0. The van der Waals surface area contributed by atoms with Crippen LogP contribution in [-0.4, -0.2) is 17.6 Å². The minimum atomic E-state index is -0.529. The maximum absolute atomic E-state index is 11.8. The van der Waals surface area contributed by atoms with Gasteiger partial charge in [-0.3, -0.25) is 4.79 Å². The van der Waals surface area contributed by atoms with Gasteiger partial charge in [-0.05, 0) is 44.5 Å². The molecule has 0 radical (unpaired) electrons. The lowest BCUT2D eigenvalue weighted by Crippen LogP contribution is -2.39. The molecule has 1 N–H and O–H groups in total. The number of carbonyl (C=O) groups excluding carboxylic acids is 1. The average Bonchev–Trinajstić information content (AvgIpc) is 2.24. The van der Waals surface area contributed by atoms with E-state index in [1.165, 1.54) is 0 Å². The van der Waals surface area contributed by atoms with Crippen LogP contribution in [0.15, 0.2) is 30.3 Å². The molecule has 0 heterocycles. The normalized spacial score (nSPS) is 13.2. The van der Waals surface area contributed by atoms with Crippen molar-refractivity contribution >= 4 is 17.7 Å². The number of carbonyl (C=O) groups is 1. The first kappa shape index (κ1) is 14.0. The summed E-state index contributed by atoms with van der Waals surface area (Å²) in [6, 6.07) is 9.15. The number of halogens is 1. The number of hydrogen-bond donors (Lipinski definition) is 1. The molecule has 4 heteroatoms. The lowest BCUT2D eigenvalue weighted by atomic mass is 10.1. The Hall–Kier alpha value is -1.06. The van der Waals surface area contributed by atoms with Gasteiger partial charge in [0.25, 0.3) is 0 Å². The molecule has 1 aromatic rings. The molecule has 0 amide bonds. The van der Waals surface area contributed by atoms with Gasteiger partial charge in [0.05, 0.1) is 0 Å². The van der Waals surface area contributed by atoms with Gasteiger partial charge < -0.3 is 4.74 Å². The third-order valence-corrected chi connectivity index (χ3v) is 2.37. The van der Waals surface area contributed by atoms with Gasteiger partial charge >= 0.3 is 5.97 Å². The van der Waals surface area contributed by atoms with E-state index in [2.05, 4.69) is 4.84 Å². The van der Waals surface area contributed by atoms with Crippen LogP contribution in [0.1, 0.15) is 26.3 Å². The Balaban J connectivity index is 2.63. The zero-order chi connectivity index (χ0) is 12.9. The highest BCUT2D eigenvalue weighted by Crippen LogP contribution is 2.11. The van der Waals surface area contributed by atoms with Gasteiger partial charge in [-0.15, -0.1) is 0 Å². The molecule has 94 valence electrons. The van der Waals surface area contributed by atoms with Crippen molar-refractivity contribution in [2.75, 3.05) is 0 Å². The molecule has 0 bridgehead atoms. The smallest absolute Gasteiger partial charge is 0.325 e. The van der Waals surface area contributed by atoms with Crippen molar-refractivity contribution in [1.82, 2.24) is 4.84 Å². The van der Waals surface area contributed by atoms with E-state index in [0.717, 1.165) is 5.56 Å². The fourth-order valence-electron chi connectivity index (χ4n) is 1.39. The van der Waals surface area contributed by atoms with Crippen LogP contribution < -0.4 is 4.84 Å². The molecule has 0 fully saturated rings. The van der Waals surface area contributed by atoms with Crippen molar-refractivity contribution in [1.29, 1.82) is 0 Å². The van der Waals surface area contributed by atoms with Gasteiger partial charge in [-0.25, -0.2) is 4.84 Å². The van der Waals surface area contributed by atoms with Crippen molar-refractivity contribution in [2.45, 2.75) is 38.8 Å². The third-order valence-electron chi connectivity index (χ3n) is 2.11. The van der Waals surface area contributed by atoms with E-state index in [4.69, 9.17) is 16.5 Å². The molecule has 0 aliphatic rings. The molecule has 0 spiro atoms. The number of ether oxygens (including phenoxy) is 1. The molecule has 0 aromatic heterocycles. The van der Waals surface area contributed by atoms with Crippen molar-refractivity contribution in [2.24, 2.45) is 0 Å². The minimum absolute atomic E-state index is 0.337. The Morgan fingerprint density at radius 3 is 2.41 bits per heavy atom. The molecule has 0 aliphatic heterocycles. The van der Waals surface area contributed by atoms with Crippen LogP contribution in [0.4, 0.5) is 0 Å². The Morgan fingerprint density at radius 1 is 1.35 bits per heavy atom. The first-order valence-corrected chi connectivity index (χ1v) is 5.93. The van der Waals surface area contributed by atoms with Crippen molar-refractivity contribution < 1.29 is 9.53 Å². The van der Waals surface area contributed by atoms with Gasteiger partial charge in [-0.1, -0.05) is 30.3 Å². The minimum Gasteiger partial charge on any atom is -0.459 e. The predicted octanol–water partition coefficient (Wildman–Crippen LogP) is 2.68. The summed E-state index contributed by atoms with van der Waals surface area (Å²) in [7, 11) is 0. The van der Waals surface area contributed by atoms with Gasteiger partial charge in [0.2, 0.25) is 0 Å². The van der Waals surface area contributed by atoms with Crippen molar-refractivity contribution in [3.63, 3.8) is 0 Å². The highest BCUT2D eigenvalue weighted by Gasteiger charge is 2.24. The summed E-state index contributed by atoms with van der Waals surface area (Å²) in [6.45, 7) is 5.50. The van der Waals surface area contributed by atoms with Gasteiger partial charge in [0.15, 0.2) is 0 Å². The molecule has 0 saturated carbocycles. The Kier molecular flexibility index (Phi) is 4.97. The molecule has 1 unspecified atom stereocenters. The lowest BCUT2D eigenvalue weighted by molar-refractivity contribution is -0.156. The topological polar surface area (TPSA) is 38.3 Å². The van der Waals surface area contributed by atoms with Crippen LogP contribution in [0.3, 0.4) is 0 Å². The van der Waals surface area contributed by atoms with Crippen LogP contribution in [0.25, 0.3) is 0 Å². The number of benzene rings is 1. The number of esters is 1. The Labute approximate surface area is 107 Å². The van der Waals surface area contributed by atoms with E-state index in [1.54, 1.807) is 0 Å². The maximum Gasteiger partial charge on any atom is 0.325 e. The molecule has 1 atom stereocenters. The predicted molar refractivity (Wildman–Crippen MR) is 68.8 cm³/mol. The summed E-state index contributed by atoms with van der Waals surface area (Å²) >= 11 is 5.59. The molecule has 1 rings (SSSR count). The van der Waals surface area contributed by atoms with Gasteiger partial charge in [-0.2, -0.15) is 0 Å². The van der Waals surface area contributed by atoms with Crippen molar-refractivity contribution in [3.05, 3.63) is 35.9 Å². The molecule has 0 aliphatic carbocycles. The third kappa shape index (κ3) is 5.20.